The van der Waals surface area contributed by atoms with Gasteiger partial charge in [-0.1, -0.05) is 19.3 Å². The highest BCUT2D eigenvalue weighted by atomic mass is 32.1. The molecule has 3 heterocycles. The highest BCUT2D eigenvalue weighted by Crippen LogP contribution is 2.42. The van der Waals surface area contributed by atoms with Gasteiger partial charge in [0.25, 0.3) is 5.91 Å². The fourth-order valence-corrected chi connectivity index (χ4v) is 4.48. The third-order valence-corrected chi connectivity index (χ3v) is 5.55. The van der Waals surface area contributed by atoms with Gasteiger partial charge in [-0.2, -0.15) is 0 Å². The lowest BCUT2D eigenvalue weighted by Gasteiger charge is -2.37. The first-order valence-corrected chi connectivity index (χ1v) is 8.22. The first kappa shape index (κ1) is 12.9. The van der Waals surface area contributed by atoms with Crippen molar-refractivity contribution in [1.29, 1.82) is 0 Å². The summed E-state index contributed by atoms with van der Waals surface area (Å²) in [5.74, 6) is 0.266. The molecule has 0 unspecified atom stereocenters. The lowest BCUT2D eigenvalue weighted by atomic mass is 9.94. The van der Waals surface area contributed by atoms with Gasteiger partial charge in [0.2, 0.25) is 0 Å². The third-order valence-electron chi connectivity index (χ3n) is 4.47. The van der Waals surface area contributed by atoms with E-state index in [0.717, 1.165) is 18.5 Å². The molecular weight excluding hydrogens is 286 g/mol. The average Bonchev–Trinajstić information content (AvgIpc) is 2.89. The second-order valence-corrected chi connectivity index (χ2v) is 6.72. The van der Waals surface area contributed by atoms with E-state index in [1.165, 1.54) is 30.6 Å². The zero-order valence-electron chi connectivity index (χ0n) is 11.6. The molecule has 0 bridgehead atoms. The van der Waals surface area contributed by atoms with Crippen molar-refractivity contribution in [2.45, 2.75) is 38.1 Å². The van der Waals surface area contributed by atoms with E-state index in [0.29, 0.717) is 27.8 Å². The fourth-order valence-electron chi connectivity index (χ4n) is 3.38. The molecule has 1 amide bonds. The van der Waals surface area contributed by atoms with Crippen LogP contribution >= 0.6 is 11.3 Å². The van der Waals surface area contributed by atoms with Gasteiger partial charge < -0.3 is 15.3 Å². The van der Waals surface area contributed by atoms with E-state index in [4.69, 9.17) is 0 Å². The van der Waals surface area contributed by atoms with Crippen LogP contribution in [-0.4, -0.2) is 33.6 Å². The number of aromatic hydroxyl groups is 1. The minimum atomic E-state index is 0.0815. The van der Waals surface area contributed by atoms with Gasteiger partial charge in [0.05, 0.1) is 17.7 Å². The van der Waals surface area contributed by atoms with E-state index in [1.807, 2.05) is 4.90 Å². The van der Waals surface area contributed by atoms with Gasteiger partial charge in [0.1, 0.15) is 15.5 Å². The van der Waals surface area contributed by atoms with Crippen LogP contribution in [0.5, 0.6) is 5.75 Å². The molecule has 1 fully saturated rings. The molecule has 0 aromatic carbocycles. The SMILES string of the molecule is O=C1c2sc3nccc(O)c3c2NCN1C1CCCCC1. The Labute approximate surface area is 126 Å². The molecule has 1 aliphatic heterocycles. The summed E-state index contributed by atoms with van der Waals surface area (Å²) in [6.07, 6.45) is 7.45. The van der Waals surface area contributed by atoms with Crippen molar-refractivity contribution in [3.05, 3.63) is 17.1 Å². The number of hydrogen-bond acceptors (Lipinski definition) is 5. The smallest absolute Gasteiger partial charge is 0.267 e. The Kier molecular flexibility index (Phi) is 2.99. The fraction of sp³-hybridized carbons (Fsp3) is 0.467. The van der Waals surface area contributed by atoms with Gasteiger partial charge in [-0.05, 0) is 18.9 Å². The lowest BCUT2D eigenvalue weighted by Crippen LogP contribution is -2.46. The first-order valence-electron chi connectivity index (χ1n) is 7.41. The van der Waals surface area contributed by atoms with Crippen LogP contribution in [0.25, 0.3) is 10.2 Å². The summed E-state index contributed by atoms with van der Waals surface area (Å²) in [5.41, 5.74) is 0.748. The van der Waals surface area contributed by atoms with Crippen LogP contribution in [0.15, 0.2) is 12.3 Å². The molecule has 2 aromatic rings. The first-order chi connectivity index (χ1) is 10.3. The maximum atomic E-state index is 12.8. The molecule has 0 radical (unpaired) electrons. The Bertz CT molecular complexity index is 706. The minimum absolute atomic E-state index is 0.0815. The van der Waals surface area contributed by atoms with Gasteiger partial charge >= 0.3 is 0 Å². The summed E-state index contributed by atoms with van der Waals surface area (Å²) in [7, 11) is 0. The number of aromatic nitrogens is 1. The van der Waals surface area contributed by atoms with Crippen molar-refractivity contribution in [1.82, 2.24) is 9.88 Å². The molecule has 0 saturated heterocycles. The van der Waals surface area contributed by atoms with Crippen molar-refractivity contribution in [2.75, 3.05) is 12.0 Å². The number of pyridine rings is 1. The van der Waals surface area contributed by atoms with Crippen LogP contribution in [0.2, 0.25) is 0 Å². The number of thiophene rings is 1. The lowest BCUT2D eigenvalue weighted by molar-refractivity contribution is 0.0647. The highest BCUT2D eigenvalue weighted by molar-refractivity contribution is 7.21. The third kappa shape index (κ3) is 1.97. The van der Waals surface area contributed by atoms with Crippen LogP contribution in [-0.2, 0) is 0 Å². The summed E-state index contributed by atoms with van der Waals surface area (Å²) < 4.78 is 0. The standard InChI is InChI=1S/C15H17N3O2S/c19-10-6-7-16-14-11(10)12-13(21-14)15(20)18(8-17-12)9-4-2-1-3-5-9/h6-7,9,17H,1-5,8H2,(H,16,19). The normalized spacial score (nSPS) is 19.6. The summed E-state index contributed by atoms with van der Waals surface area (Å²) >= 11 is 1.36. The Morgan fingerprint density at radius 3 is 2.95 bits per heavy atom. The van der Waals surface area contributed by atoms with E-state index in [9.17, 15) is 9.90 Å². The van der Waals surface area contributed by atoms with E-state index in [1.54, 1.807) is 12.3 Å². The molecule has 110 valence electrons. The molecule has 0 spiro atoms. The summed E-state index contributed by atoms with van der Waals surface area (Å²) in [6, 6.07) is 1.91. The second-order valence-electron chi connectivity index (χ2n) is 5.72. The number of fused-ring (bicyclic) bond motifs is 3. The van der Waals surface area contributed by atoms with E-state index < -0.39 is 0 Å². The van der Waals surface area contributed by atoms with Gasteiger partial charge in [-0.15, -0.1) is 11.3 Å². The minimum Gasteiger partial charge on any atom is -0.507 e. The maximum absolute atomic E-state index is 12.8. The number of carbonyl (C=O) groups excluding carboxylic acids is 1. The van der Waals surface area contributed by atoms with Gasteiger partial charge in [0, 0.05) is 12.2 Å². The number of anilines is 1. The average molecular weight is 303 g/mol. The summed E-state index contributed by atoms with van der Waals surface area (Å²) in [5, 5.41) is 14.0. The van der Waals surface area contributed by atoms with Gasteiger partial charge in [-0.3, -0.25) is 4.79 Å². The molecule has 6 heteroatoms. The van der Waals surface area contributed by atoms with E-state index in [-0.39, 0.29) is 11.7 Å². The predicted molar refractivity (Wildman–Crippen MR) is 82.8 cm³/mol. The quantitative estimate of drug-likeness (QED) is 0.849. The second kappa shape index (κ2) is 4.87. The molecule has 21 heavy (non-hydrogen) atoms. The van der Waals surface area contributed by atoms with Crippen molar-refractivity contribution < 1.29 is 9.90 Å². The van der Waals surface area contributed by atoms with Crippen LogP contribution in [0.3, 0.4) is 0 Å². The maximum Gasteiger partial charge on any atom is 0.267 e. The molecule has 2 aromatic heterocycles. The van der Waals surface area contributed by atoms with Crippen LogP contribution in [0.1, 0.15) is 41.8 Å². The number of nitrogens with zero attached hydrogens (tertiary/aromatic N) is 2. The molecule has 4 rings (SSSR count). The highest BCUT2D eigenvalue weighted by Gasteiger charge is 2.34. The molecule has 0 atom stereocenters. The molecule has 1 aliphatic carbocycles. The Morgan fingerprint density at radius 2 is 2.14 bits per heavy atom. The molecule has 5 nitrogen and oxygen atoms in total. The predicted octanol–water partition coefficient (Wildman–Crippen LogP) is 3.16. The monoisotopic (exact) mass is 303 g/mol. The number of amides is 1. The number of hydrogen-bond donors (Lipinski definition) is 2. The van der Waals surface area contributed by atoms with E-state index in [2.05, 4.69) is 10.3 Å². The van der Waals surface area contributed by atoms with Crippen LogP contribution < -0.4 is 5.32 Å². The van der Waals surface area contributed by atoms with Crippen LogP contribution in [0.4, 0.5) is 5.69 Å². The largest absolute Gasteiger partial charge is 0.507 e. The van der Waals surface area contributed by atoms with Crippen LogP contribution in [0, 0.1) is 0 Å². The van der Waals surface area contributed by atoms with Gasteiger partial charge in [-0.25, -0.2) is 4.98 Å². The van der Waals surface area contributed by atoms with Crippen molar-refractivity contribution in [2.24, 2.45) is 0 Å². The summed E-state index contributed by atoms with van der Waals surface area (Å²) in [6.45, 7) is 0.524. The van der Waals surface area contributed by atoms with E-state index >= 15 is 0 Å². The molecule has 1 saturated carbocycles. The van der Waals surface area contributed by atoms with Gasteiger partial charge in [0.15, 0.2) is 0 Å². The molecule has 2 aliphatic rings. The Morgan fingerprint density at radius 1 is 1.33 bits per heavy atom. The number of rotatable bonds is 1. The summed E-state index contributed by atoms with van der Waals surface area (Å²) in [4.78, 5) is 20.4. The van der Waals surface area contributed by atoms with Crippen molar-refractivity contribution in [3.8, 4) is 5.75 Å². The van der Waals surface area contributed by atoms with Crippen molar-refractivity contribution in [3.63, 3.8) is 0 Å². The Hall–Kier alpha value is -1.82. The number of nitrogens with one attached hydrogen (secondary N) is 1. The molecular formula is C15H17N3O2S. The Balaban J connectivity index is 1.74. The number of carbonyl (C=O) groups is 1. The topological polar surface area (TPSA) is 65.5 Å². The zero-order valence-corrected chi connectivity index (χ0v) is 12.4. The molecule has 2 N–H and O–H groups in total. The zero-order chi connectivity index (χ0) is 14.4. The van der Waals surface area contributed by atoms with Crippen molar-refractivity contribution >= 4 is 33.1 Å².